The van der Waals surface area contributed by atoms with Crippen molar-refractivity contribution >= 4 is 27.7 Å². The van der Waals surface area contributed by atoms with Crippen LogP contribution in [0.4, 0.5) is 0 Å². The number of halogens is 1. The van der Waals surface area contributed by atoms with E-state index < -0.39 is 5.91 Å². The van der Waals surface area contributed by atoms with Gasteiger partial charge in [0, 0.05) is 17.1 Å². The first-order chi connectivity index (χ1) is 11.5. The monoisotopic (exact) mass is 395 g/mol. The van der Waals surface area contributed by atoms with Crippen molar-refractivity contribution in [2.45, 2.75) is 12.8 Å². The number of aryl methyl sites for hydroxylation is 1. The summed E-state index contributed by atoms with van der Waals surface area (Å²) >= 11 is 3.24. The van der Waals surface area contributed by atoms with Crippen LogP contribution in [0.25, 0.3) is 0 Å². The number of carbonyl (C=O) groups excluding carboxylic acids is 2. The van der Waals surface area contributed by atoms with Crippen LogP contribution < -0.4 is 20.3 Å². The van der Waals surface area contributed by atoms with Gasteiger partial charge in [0.05, 0.1) is 14.2 Å². The molecule has 2 amide bonds. The van der Waals surface area contributed by atoms with Crippen LogP contribution in [0.2, 0.25) is 0 Å². The number of ether oxygens (including phenoxy) is 2. The van der Waals surface area contributed by atoms with E-state index in [9.17, 15) is 9.59 Å². The summed E-state index contributed by atoms with van der Waals surface area (Å²) < 4.78 is 11.1. The Hall–Kier alpha value is -2.48. The van der Waals surface area contributed by atoms with Crippen molar-refractivity contribution in [2.75, 3.05) is 14.2 Å². The third-order valence-corrected chi connectivity index (χ3v) is 3.75. The molecule has 128 valence electrons. The average Bonchev–Trinajstić information content (AvgIpc) is 3.04. The highest BCUT2D eigenvalue weighted by Crippen LogP contribution is 2.27. The van der Waals surface area contributed by atoms with Crippen LogP contribution in [0.5, 0.6) is 11.5 Å². The van der Waals surface area contributed by atoms with Crippen molar-refractivity contribution < 1.29 is 19.1 Å². The molecule has 0 saturated heterocycles. The van der Waals surface area contributed by atoms with Gasteiger partial charge in [-0.25, -0.2) is 0 Å². The number of benzene rings is 1. The highest BCUT2D eigenvalue weighted by atomic mass is 79.9. The molecule has 0 saturated carbocycles. The van der Waals surface area contributed by atoms with Crippen molar-refractivity contribution in [3.8, 4) is 11.5 Å². The molecular formula is C16H18BrN3O4. The molecule has 2 rings (SSSR count). The molecule has 0 aliphatic rings. The van der Waals surface area contributed by atoms with Crippen molar-refractivity contribution in [1.82, 2.24) is 15.8 Å². The molecular weight excluding hydrogens is 378 g/mol. The highest BCUT2D eigenvalue weighted by Gasteiger charge is 2.10. The molecule has 7 nitrogen and oxygen atoms in total. The van der Waals surface area contributed by atoms with Crippen LogP contribution in [0.15, 0.2) is 34.9 Å². The Labute approximate surface area is 147 Å². The number of methoxy groups -OCH3 is 2. The molecule has 0 fully saturated rings. The van der Waals surface area contributed by atoms with Gasteiger partial charge >= 0.3 is 0 Å². The van der Waals surface area contributed by atoms with E-state index in [0.717, 1.165) is 10.0 Å². The Bertz CT molecular complexity index is 730. The summed E-state index contributed by atoms with van der Waals surface area (Å²) in [6.45, 7) is 0. The maximum atomic E-state index is 11.8. The smallest absolute Gasteiger partial charge is 0.286 e. The third kappa shape index (κ3) is 4.76. The number of carbonyl (C=O) groups is 2. The fraction of sp³-hybridized carbons (Fsp3) is 0.250. The summed E-state index contributed by atoms with van der Waals surface area (Å²) in [5.41, 5.74) is 6.02. The third-order valence-electron chi connectivity index (χ3n) is 3.30. The molecule has 0 bridgehead atoms. The number of H-pyrrole nitrogens is 1. The first kappa shape index (κ1) is 17.9. The molecule has 8 heteroatoms. The first-order valence-corrected chi connectivity index (χ1v) is 7.96. The van der Waals surface area contributed by atoms with Crippen molar-refractivity contribution in [3.63, 3.8) is 0 Å². The van der Waals surface area contributed by atoms with E-state index in [0.29, 0.717) is 23.6 Å². The van der Waals surface area contributed by atoms with Gasteiger partial charge in [-0.15, -0.1) is 0 Å². The van der Waals surface area contributed by atoms with E-state index in [1.165, 1.54) is 0 Å². The van der Waals surface area contributed by atoms with Gasteiger partial charge < -0.3 is 14.5 Å². The Balaban J connectivity index is 1.82. The number of amides is 2. The predicted molar refractivity (Wildman–Crippen MR) is 92.0 cm³/mol. The zero-order valence-corrected chi connectivity index (χ0v) is 14.9. The Morgan fingerprint density at radius 1 is 1.12 bits per heavy atom. The molecule has 1 aromatic heterocycles. The predicted octanol–water partition coefficient (Wildman–Crippen LogP) is 2.19. The number of aromatic nitrogens is 1. The first-order valence-electron chi connectivity index (χ1n) is 7.17. The number of hydrogen-bond donors (Lipinski definition) is 3. The van der Waals surface area contributed by atoms with Gasteiger partial charge in [0.15, 0.2) is 11.5 Å². The Morgan fingerprint density at radius 2 is 1.88 bits per heavy atom. The molecule has 0 radical (unpaired) electrons. The topological polar surface area (TPSA) is 92.5 Å². The van der Waals surface area contributed by atoms with Crippen molar-refractivity contribution in [3.05, 3.63) is 46.2 Å². The van der Waals surface area contributed by atoms with Gasteiger partial charge in [-0.2, -0.15) is 0 Å². The van der Waals surface area contributed by atoms with E-state index in [1.807, 2.05) is 12.1 Å². The second-order valence-corrected chi connectivity index (χ2v) is 5.84. The fourth-order valence-electron chi connectivity index (χ4n) is 2.05. The quantitative estimate of drug-likeness (QED) is 0.653. The van der Waals surface area contributed by atoms with Gasteiger partial charge in [0.25, 0.3) is 5.91 Å². The van der Waals surface area contributed by atoms with Gasteiger partial charge in [-0.1, -0.05) is 6.07 Å². The summed E-state index contributed by atoms with van der Waals surface area (Å²) in [5, 5.41) is 0. The lowest BCUT2D eigenvalue weighted by Crippen LogP contribution is -2.41. The lowest BCUT2D eigenvalue weighted by Gasteiger charge is -2.10. The van der Waals surface area contributed by atoms with Gasteiger partial charge in [0.2, 0.25) is 5.91 Å². The van der Waals surface area contributed by atoms with Crippen LogP contribution in [-0.4, -0.2) is 31.0 Å². The highest BCUT2D eigenvalue weighted by molar-refractivity contribution is 9.10. The van der Waals surface area contributed by atoms with E-state index in [4.69, 9.17) is 9.47 Å². The summed E-state index contributed by atoms with van der Waals surface area (Å²) in [6, 6.07) is 7.09. The lowest BCUT2D eigenvalue weighted by atomic mass is 10.1. The summed E-state index contributed by atoms with van der Waals surface area (Å²) in [7, 11) is 3.12. The number of hydrazine groups is 1. The number of rotatable bonds is 6. The number of hydrogen-bond acceptors (Lipinski definition) is 4. The fourth-order valence-corrected chi connectivity index (χ4v) is 2.39. The summed E-state index contributed by atoms with van der Waals surface area (Å²) in [6.07, 6.45) is 2.37. The zero-order valence-electron chi connectivity index (χ0n) is 13.3. The maximum Gasteiger partial charge on any atom is 0.286 e. The van der Waals surface area contributed by atoms with Gasteiger partial charge in [0.1, 0.15) is 5.69 Å². The zero-order chi connectivity index (χ0) is 17.5. The van der Waals surface area contributed by atoms with Crippen molar-refractivity contribution in [1.29, 1.82) is 0 Å². The molecule has 1 heterocycles. The number of nitrogens with one attached hydrogen (secondary N) is 3. The summed E-state index contributed by atoms with van der Waals surface area (Å²) in [4.78, 5) is 26.4. The van der Waals surface area contributed by atoms with E-state index >= 15 is 0 Å². The number of aromatic amines is 1. The standard InChI is InChI=1S/C16H18BrN3O4/c1-23-13-5-3-10(7-14(13)24-2)4-6-15(21)19-20-16(22)12-8-11(17)9-18-12/h3,5,7-9,18H,4,6H2,1-2H3,(H,19,21)(H,20,22). The van der Waals surface area contributed by atoms with Crippen LogP contribution in [0, 0.1) is 0 Å². The minimum atomic E-state index is -0.417. The van der Waals surface area contributed by atoms with Crippen LogP contribution in [0.1, 0.15) is 22.5 Å². The maximum absolute atomic E-state index is 11.8. The SMILES string of the molecule is COc1ccc(CCC(=O)NNC(=O)c2cc(Br)c[nH]2)cc1OC. The molecule has 0 aliphatic carbocycles. The molecule has 1 aromatic carbocycles. The lowest BCUT2D eigenvalue weighted by molar-refractivity contribution is -0.121. The van der Waals surface area contributed by atoms with E-state index in [-0.39, 0.29) is 12.3 Å². The second-order valence-electron chi connectivity index (χ2n) is 4.92. The van der Waals surface area contributed by atoms with E-state index in [1.54, 1.807) is 32.5 Å². The van der Waals surface area contributed by atoms with Crippen molar-refractivity contribution in [2.24, 2.45) is 0 Å². The molecule has 0 atom stereocenters. The molecule has 2 aromatic rings. The van der Waals surface area contributed by atoms with E-state index in [2.05, 4.69) is 31.8 Å². The summed E-state index contributed by atoms with van der Waals surface area (Å²) in [5.74, 6) is 0.542. The second kappa shape index (κ2) is 8.39. The average molecular weight is 396 g/mol. The van der Waals surface area contributed by atoms with Gasteiger partial charge in [-0.3, -0.25) is 20.4 Å². The van der Waals surface area contributed by atoms with Gasteiger partial charge in [-0.05, 0) is 46.1 Å². The Morgan fingerprint density at radius 3 is 2.50 bits per heavy atom. The molecule has 3 N–H and O–H groups in total. The molecule has 0 spiro atoms. The molecule has 0 aliphatic heterocycles. The normalized spacial score (nSPS) is 10.1. The largest absolute Gasteiger partial charge is 0.493 e. The van der Waals surface area contributed by atoms with Crippen LogP contribution in [-0.2, 0) is 11.2 Å². The molecule has 0 unspecified atom stereocenters. The minimum absolute atomic E-state index is 0.226. The van der Waals surface area contributed by atoms with Crippen LogP contribution >= 0.6 is 15.9 Å². The minimum Gasteiger partial charge on any atom is -0.493 e. The Kier molecular flexibility index (Phi) is 6.25. The molecule has 24 heavy (non-hydrogen) atoms. The van der Waals surface area contributed by atoms with Crippen LogP contribution in [0.3, 0.4) is 0 Å².